The minimum Gasteiger partial charge on any atom is -0.369 e. The van der Waals surface area contributed by atoms with Crippen molar-refractivity contribution in [3.05, 3.63) is 23.9 Å². The maximum Gasteiger partial charge on any atom is 0.221 e. The Morgan fingerprint density at radius 3 is 2.83 bits per heavy atom. The second kappa shape index (κ2) is 10.9. The van der Waals surface area contributed by atoms with Gasteiger partial charge in [-0.2, -0.15) is 0 Å². The molecule has 2 N–H and O–H groups in total. The maximum atomic E-state index is 15.3. The number of carbonyl (C=O) groups is 1. The molecule has 1 heterocycles. The van der Waals surface area contributed by atoms with Crippen LogP contribution in [0.25, 0.3) is 0 Å². The van der Waals surface area contributed by atoms with Crippen molar-refractivity contribution in [1.82, 2.24) is 9.62 Å². The number of amides is 1. The van der Waals surface area contributed by atoms with Crippen LogP contribution in [0.2, 0.25) is 2.82 Å². The standard InChI is InChI=1S/C20H33FN4O3S/c1-16(2)15-29(27,28)22-6-4-5-7-24-8-10-25(11-9-24)20-13-18(21)12-19(14-20)23-17(3)26/h12-14,16,22H,4-11,15H2,1-3H3,(H,23,26)/i1D3,2D3,3D3,7D2,8D2,9D2,10D2,11D2,12D,13D,14D,15D2,16D/hD2. The molecule has 1 amide bonds. The van der Waals surface area contributed by atoms with Crippen molar-refractivity contribution < 1.29 is 54.7 Å². The Kier molecular flexibility index (Phi) is 2.32. The van der Waals surface area contributed by atoms with Crippen LogP contribution in [0.15, 0.2) is 18.1 Å². The van der Waals surface area contributed by atoms with E-state index in [-0.39, 0.29) is 0 Å². The molecule has 0 spiro atoms. The summed E-state index contributed by atoms with van der Waals surface area (Å²) in [5, 5.41) is -0.718. The Morgan fingerprint density at radius 1 is 1.38 bits per heavy atom. The smallest absolute Gasteiger partial charge is 0.221 e. The first kappa shape index (κ1) is 6.17. The van der Waals surface area contributed by atoms with Crippen LogP contribution in [0.5, 0.6) is 0 Å². The van der Waals surface area contributed by atoms with E-state index in [0.717, 1.165) is 0 Å². The summed E-state index contributed by atoms with van der Waals surface area (Å²) >= 11 is 0. The zero-order valence-electron chi connectivity index (χ0n) is 41.4. The van der Waals surface area contributed by atoms with Crippen LogP contribution < -0.4 is 14.9 Å². The SMILES string of the molecule is [2H]c1c(F)c([2H])c(N2C([2H])([2H])C([2H])([2H])N(C([2H])([2H])CCCN([2H])S(=O)(=O)C([2H])([2H])C([2H])(C([2H])([2H])[2H])C([2H])([2H])[2H])C([2H])([2H])C2([2H])[2H])c([2H])c1N([2H])C(=O)C([2H])([2H])[2H]. The molecule has 1 aromatic carbocycles. The predicted molar refractivity (Wildman–Crippen MR) is 115 cm³/mol. The molecule has 0 aliphatic carbocycles. The summed E-state index contributed by atoms with van der Waals surface area (Å²) in [6.45, 7) is -34.1. The van der Waals surface area contributed by atoms with Crippen LogP contribution in [0.4, 0.5) is 15.8 Å². The van der Waals surface area contributed by atoms with Gasteiger partial charge in [0.15, 0.2) is 1.41 Å². The number of rotatable bonds is 10. The molecule has 0 saturated carbocycles. The summed E-state index contributed by atoms with van der Waals surface area (Å²) in [5.41, 5.74) is -7.97. The fourth-order valence-electron chi connectivity index (χ4n) is 1.75. The van der Waals surface area contributed by atoms with Gasteiger partial charge in [0.25, 0.3) is 0 Å². The summed E-state index contributed by atoms with van der Waals surface area (Å²) in [6, 6.07) is -5.20. The number of piperazine rings is 1. The number of nitrogens with one attached hydrogen (secondary N) is 2. The molecule has 7 nitrogen and oxygen atoms in total. The average molecular weight is 456 g/mol. The maximum absolute atomic E-state index is 15.3. The van der Waals surface area contributed by atoms with Crippen LogP contribution in [0, 0.1) is 11.7 Å². The second-order valence-corrected chi connectivity index (χ2v) is 6.40. The first-order valence-corrected chi connectivity index (χ1v) is 9.01. The lowest BCUT2D eigenvalue weighted by molar-refractivity contribution is -0.114. The Balaban J connectivity index is 2.70. The molecule has 9 heteroatoms. The molecule has 0 atom stereocenters. The highest BCUT2D eigenvalue weighted by atomic mass is 32.2. The molecule has 2 rings (SSSR count). The number of anilines is 2. The van der Waals surface area contributed by atoms with E-state index in [2.05, 4.69) is 0 Å². The number of benzene rings is 1. The van der Waals surface area contributed by atoms with Gasteiger partial charge in [-0.05, 0) is 43.4 Å². The third-order valence-electron chi connectivity index (χ3n) is 2.77. The van der Waals surface area contributed by atoms with Crippen molar-refractivity contribution in [2.75, 3.05) is 54.9 Å². The molecule has 1 aliphatic rings. The Hall–Kier alpha value is -1.71. The minimum absolute atomic E-state index is 0.667. The van der Waals surface area contributed by atoms with Gasteiger partial charge in [0.1, 0.15) is 7.23 Å². The summed E-state index contributed by atoms with van der Waals surface area (Å²) in [5.74, 6) is -8.73. The fourth-order valence-corrected chi connectivity index (χ4v) is 2.44. The second-order valence-electron chi connectivity index (χ2n) is 4.99. The molecular formula is C20H33FN4O3S. The predicted octanol–water partition coefficient (Wildman–Crippen LogP) is 2.26. The van der Waals surface area contributed by atoms with Crippen molar-refractivity contribution >= 4 is 27.3 Å². The first-order valence-electron chi connectivity index (χ1n) is 21.0. The highest BCUT2D eigenvalue weighted by Gasteiger charge is 2.18. The Bertz CT molecular complexity index is 1770. The molecule has 0 bridgehead atoms. The summed E-state index contributed by atoms with van der Waals surface area (Å²) < 4.78 is 256. The molecule has 29 heavy (non-hydrogen) atoms. The number of hydrogen-bond acceptors (Lipinski definition) is 5. The summed E-state index contributed by atoms with van der Waals surface area (Å²) in [6.07, 6.45) is -2.51. The van der Waals surface area contributed by atoms with E-state index in [1.54, 1.807) is 0 Å². The number of halogens is 1. The molecule has 0 radical (unpaired) electrons. The summed E-state index contributed by atoms with van der Waals surface area (Å²) in [4.78, 5) is 11.0. The normalized spacial score (nSPS) is 39.1. The van der Waals surface area contributed by atoms with Crippen molar-refractivity contribution in [2.45, 2.75) is 33.4 Å². The number of carbonyl (C=O) groups excluding carboxylic acids is 1. The van der Waals surface area contributed by atoms with Gasteiger partial charge in [-0.3, -0.25) is 9.69 Å². The van der Waals surface area contributed by atoms with Gasteiger partial charge in [0.2, 0.25) is 15.9 Å². The lowest BCUT2D eigenvalue weighted by Crippen LogP contribution is -2.46. The van der Waals surface area contributed by atoms with E-state index in [1.807, 2.05) is 0 Å². The zero-order valence-corrected chi connectivity index (χ0v) is 15.2. The lowest BCUT2D eigenvalue weighted by atomic mass is 10.2. The molecule has 1 saturated heterocycles. The van der Waals surface area contributed by atoms with Crippen LogP contribution in [0.1, 0.15) is 67.7 Å². The van der Waals surface area contributed by atoms with Gasteiger partial charge >= 0.3 is 0 Å². The highest BCUT2D eigenvalue weighted by Crippen LogP contribution is 2.23. The Morgan fingerprint density at radius 2 is 2.14 bits per heavy atom. The van der Waals surface area contributed by atoms with Crippen LogP contribution in [-0.2, 0) is 14.8 Å². The summed E-state index contributed by atoms with van der Waals surface area (Å²) in [7, 11) is -6.10. The van der Waals surface area contributed by atoms with E-state index in [1.165, 1.54) is 0 Å². The van der Waals surface area contributed by atoms with Crippen LogP contribution in [-0.4, -0.2) is 64.0 Å². The molecular weight excluding hydrogens is 395 g/mol. The third-order valence-corrected chi connectivity index (χ3v) is 3.76. The van der Waals surface area contributed by atoms with E-state index < -0.39 is 155 Å². The van der Waals surface area contributed by atoms with Crippen LogP contribution >= 0.6 is 0 Å². The number of sulfonamides is 1. The number of nitrogens with zero attached hydrogens (tertiary/aromatic N) is 2. The monoisotopic (exact) mass is 455 g/mol. The van der Waals surface area contributed by atoms with E-state index in [0.29, 0.717) is 0 Å². The Labute approximate surface area is 211 Å². The lowest BCUT2D eigenvalue weighted by Gasteiger charge is -2.36. The first-order chi connectivity index (χ1) is 24.3. The van der Waals surface area contributed by atoms with E-state index in [9.17, 15) is 13.2 Å². The molecule has 1 fully saturated rings. The van der Waals surface area contributed by atoms with Gasteiger partial charge in [0, 0.05) is 75.4 Å². The molecule has 0 aromatic heterocycles. The third kappa shape index (κ3) is 8.67. The highest BCUT2D eigenvalue weighted by molar-refractivity contribution is 7.89. The topological polar surface area (TPSA) is 81.8 Å². The molecule has 0 unspecified atom stereocenters. The molecule has 1 aromatic rings. The largest absolute Gasteiger partial charge is 0.369 e. The van der Waals surface area contributed by atoms with Gasteiger partial charge < -0.3 is 10.2 Å². The molecule has 1 aliphatic heterocycles. The quantitative estimate of drug-likeness (QED) is 0.566. The van der Waals surface area contributed by atoms with E-state index >= 15 is 4.39 Å². The van der Waals surface area contributed by atoms with Gasteiger partial charge in [-0.25, -0.2) is 17.5 Å². The van der Waals surface area contributed by atoms with Crippen molar-refractivity contribution in [3.8, 4) is 0 Å². The van der Waals surface area contributed by atoms with Gasteiger partial charge in [-0.15, -0.1) is 0 Å². The average Bonchev–Trinajstić information content (AvgIpc) is 2.97. The van der Waals surface area contributed by atoms with Crippen LogP contribution in [0.3, 0.4) is 0 Å². The van der Waals surface area contributed by atoms with Crippen molar-refractivity contribution in [2.24, 2.45) is 5.89 Å². The fraction of sp³-hybridized carbons (Fsp3) is 0.650. The van der Waals surface area contributed by atoms with Crippen molar-refractivity contribution in [3.63, 3.8) is 0 Å². The zero-order chi connectivity index (χ0) is 45.0. The molecule has 164 valence electrons. The minimum atomic E-state index is -6.10. The van der Waals surface area contributed by atoms with Crippen molar-refractivity contribution in [1.29, 1.82) is 0 Å². The van der Waals surface area contributed by atoms with Gasteiger partial charge in [0.05, 0.1) is 15.3 Å². The number of hydrogen-bond donors (Lipinski definition) is 2. The van der Waals surface area contributed by atoms with E-state index in [4.69, 9.17) is 37.1 Å². The van der Waals surface area contributed by atoms with Gasteiger partial charge in [-0.1, -0.05) is 13.7 Å².